The Hall–Kier alpha value is -3.09. The third kappa shape index (κ3) is 6.90. The highest BCUT2D eigenvalue weighted by atomic mass is 32.2. The van der Waals surface area contributed by atoms with Crippen LogP contribution in [0.25, 0.3) is 0 Å². The number of benzene rings is 2. The Morgan fingerprint density at radius 2 is 1.93 bits per heavy atom. The van der Waals surface area contributed by atoms with Crippen LogP contribution in [0, 0.1) is 11.3 Å². The third-order valence-electron chi connectivity index (χ3n) is 3.64. The number of hydrogen-bond donors (Lipinski definition) is 1. The predicted octanol–water partition coefficient (Wildman–Crippen LogP) is 2.58. The molecule has 28 heavy (non-hydrogen) atoms. The Morgan fingerprint density at radius 1 is 1.21 bits per heavy atom. The summed E-state index contributed by atoms with van der Waals surface area (Å²) in [4.78, 5) is 14.2. The summed E-state index contributed by atoms with van der Waals surface area (Å²) in [5.74, 6) is 0.180. The van der Waals surface area contributed by atoms with E-state index >= 15 is 0 Å². The van der Waals surface area contributed by atoms with E-state index in [0.717, 1.165) is 6.26 Å². The average molecular weight is 403 g/mol. The largest absolute Gasteiger partial charge is 0.383 e. The first-order chi connectivity index (χ1) is 13.3. The zero-order valence-corrected chi connectivity index (χ0v) is 16.4. The van der Waals surface area contributed by atoms with Gasteiger partial charge in [0.25, 0.3) is 0 Å². The molecular formula is C19H21N3O5S. The number of rotatable bonds is 8. The maximum absolute atomic E-state index is 12.7. The van der Waals surface area contributed by atoms with Crippen LogP contribution in [0.3, 0.4) is 0 Å². The lowest BCUT2D eigenvalue weighted by Crippen LogP contribution is -2.36. The number of methoxy groups -OCH3 is 1. The molecule has 1 N–H and O–H groups in total. The van der Waals surface area contributed by atoms with Crippen molar-refractivity contribution in [3.8, 4) is 11.8 Å². The van der Waals surface area contributed by atoms with Gasteiger partial charge in [0, 0.05) is 25.9 Å². The number of nitriles is 1. The molecule has 0 heterocycles. The highest BCUT2D eigenvalue weighted by molar-refractivity contribution is 7.86. The first-order valence-electron chi connectivity index (χ1n) is 8.34. The minimum atomic E-state index is -3.64. The highest BCUT2D eigenvalue weighted by Gasteiger charge is 2.15. The first kappa shape index (κ1) is 21.2. The average Bonchev–Trinajstić information content (AvgIpc) is 2.64. The van der Waals surface area contributed by atoms with Crippen LogP contribution in [0.15, 0.2) is 48.5 Å². The Morgan fingerprint density at radius 3 is 2.54 bits per heavy atom. The van der Waals surface area contributed by atoms with E-state index in [1.54, 1.807) is 42.5 Å². The zero-order chi connectivity index (χ0) is 20.6. The number of ether oxygens (including phenoxy) is 1. The van der Waals surface area contributed by atoms with Gasteiger partial charge < -0.3 is 19.1 Å². The van der Waals surface area contributed by atoms with Crippen LogP contribution < -0.4 is 9.50 Å². The number of urea groups is 1. The maximum Gasteiger partial charge on any atom is 0.322 e. The van der Waals surface area contributed by atoms with Crippen molar-refractivity contribution in [1.82, 2.24) is 4.90 Å². The van der Waals surface area contributed by atoms with Gasteiger partial charge in [0.2, 0.25) is 0 Å². The number of nitrogens with zero attached hydrogens (tertiary/aromatic N) is 2. The van der Waals surface area contributed by atoms with Crippen LogP contribution >= 0.6 is 0 Å². The van der Waals surface area contributed by atoms with Crippen molar-refractivity contribution < 1.29 is 22.1 Å². The number of hydrogen-bond acceptors (Lipinski definition) is 6. The molecule has 0 saturated heterocycles. The van der Waals surface area contributed by atoms with Crippen molar-refractivity contribution in [1.29, 1.82) is 5.26 Å². The van der Waals surface area contributed by atoms with Gasteiger partial charge in [-0.2, -0.15) is 13.7 Å². The van der Waals surface area contributed by atoms with Crippen molar-refractivity contribution in [3.05, 3.63) is 59.7 Å². The molecule has 2 amide bonds. The van der Waals surface area contributed by atoms with Gasteiger partial charge in [-0.25, -0.2) is 4.79 Å². The Bertz CT molecular complexity index is 952. The molecule has 8 nitrogen and oxygen atoms in total. The number of nitrogens with one attached hydrogen (secondary N) is 1. The van der Waals surface area contributed by atoms with Gasteiger partial charge in [-0.15, -0.1) is 0 Å². The normalized spacial score (nSPS) is 10.8. The molecule has 0 aliphatic carbocycles. The minimum Gasteiger partial charge on any atom is -0.383 e. The standard InChI is InChI=1S/C19H21N3O5S/c1-26-11-10-22(19(23)21-17-8-6-15(13-20)7-9-17)14-16-4-3-5-18(12-16)27-28(2,24)25/h3-9,12H,10-11,14H2,1-2H3,(H,21,23). The Balaban J connectivity index is 2.12. The van der Waals surface area contributed by atoms with Gasteiger partial charge in [0.05, 0.1) is 24.5 Å². The maximum atomic E-state index is 12.7. The van der Waals surface area contributed by atoms with Crippen LogP contribution in [0.1, 0.15) is 11.1 Å². The van der Waals surface area contributed by atoms with E-state index < -0.39 is 10.1 Å². The van der Waals surface area contributed by atoms with Crippen molar-refractivity contribution in [3.63, 3.8) is 0 Å². The lowest BCUT2D eigenvalue weighted by Gasteiger charge is -2.23. The molecule has 0 bridgehead atoms. The molecule has 0 aliphatic rings. The van der Waals surface area contributed by atoms with Gasteiger partial charge in [0.15, 0.2) is 0 Å². The summed E-state index contributed by atoms with van der Waals surface area (Å²) in [7, 11) is -2.10. The fourth-order valence-electron chi connectivity index (χ4n) is 2.38. The molecule has 2 aromatic rings. The van der Waals surface area contributed by atoms with E-state index in [1.165, 1.54) is 18.1 Å². The molecule has 2 aromatic carbocycles. The number of carbonyl (C=O) groups excluding carboxylic acids is 1. The summed E-state index contributed by atoms with van der Waals surface area (Å²) < 4.78 is 32.6. The molecule has 0 fully saturated rings. The highest BCUT2D eigenvalue weighted by Crippen LogP contribution is 2.17. The summed E-state index contributed by atoms with van der Waals surface area (Å²) >= 11 is 0. The summed E-state index contributed by atoms with van der Waals surface area (Å²) in [6, 6.07) is 14.7. The van der Waals surface area contributed by atoms with Crippen molar-refractivity contribution in [2.24, 2.45) is 0 Å². The molecule has 0 atom stereocenters. The smallest absolute Gasteiger partial charge is 0.322 e. The van der Waals surface area contributed by atoms with E-state index in [2.05, 4.69) is 5.32 Å². The van der Waals surface area contributed by atoms with Crippen LogP contribution in [-0.4, -0.2) is 45.9 Å². The van der Waals surface area contributed by atoms with Crippen LogP contribution in [0.5, 0.6) is 5.75 Å². The van der Waals surface area contributed by atoms with Gasteiger partial charge in [0.1, 0.15) is 5.75 Å². The molecule has 0 spiro atoms. The molecule has 148 valence electrons. The number of amides is 2. The topological polar surface area (TPSA) is 109 Å². The van der Waals surface area contributed by atoms with Gasteiger partial charge in [-0.05, 0) is 42.0 Å². The summed E-state index contributed by atoms with van der Waals surface area (Å²) in [5, 5.41) is 11.6. The minimum absolute atomic E-state index is 0.180. The first-order valence-corrected chi connectivity index (χ1v) is 10.2. The molecule has 0 aromatic heterocycles. The lowest BCUT2D eigenvalue weighted by atomic mass is 10.2. The molecule has 0 unspecified atom stereocenters. The third-order valence-corrected chi connectivity index (χ3v) is 4.13. The molecule has 2 rings (SSSR count). The quantitative estimate of drug-likeness (QED) is 0.679. The number of anilines is 1. The summed E-state index contributed by atoms with van der Waals surface area (Å²) in [6.45, 7) is 0.891. The fraction of sp³-hybridized carbons (Fsp3) is 0.263. The van der Waals surface area contributed by atoms with Crippen molar-refractivity contribution in [2.45, 2.75) is 6.54 Å². The second kappa shape index (κ2) is 9.73. The van der Waals surface area contributed by atoms with E-state index in [-0.39, 0.29) is 18.3 Å². The zero-order valence-electron chi connectivity index (χ0n) is 15.6. The molecule has 0 radical (unpaired) electrons. The van der Waals surface area contributed by atoms with E-state index in [1.807, 2.05) is 6.07 Å². The second-order valence-corrected chi connectivity index (χ2v) is 7.54. The molecule has 0 saturated carbocycles. The van der Waals surface area contributed by atoms with E-state index in [4.69, 9.17) is 14.2 Å². The van der Waals surface area contributed by atoms with Crippen LogP contribution in [0.2, 0.25) is 0 Å². The Labute approximate surface area is 164 Å². The Kier molecular flexibility index (Phi) is 7.37. The van der Waals surface area contributed by atoms with Gasteiger partial charge in [-0.3, -0.25) is 0 Å². The van der Waals surface area contributed by atoms with Crippen molar-refractivity contribution in [2.75, 3.05) is 31.8 Å². The van der Waals surface area contributed by atoms with Gasteiger partial charge in [-0.1, -0.05) is 12.1 Å². The van der Waals surface area contributed by atoms with E-state index in [0.29, 0.717) is 30.0 Å². The summed E-state index contributed by atoms with van der Waals surface area (Å²) in [6.07, 6.45) is 0.968. The van der Waals surface area contributed by atoms with Crippen LogP contribution in [-0.2, 0) is 21.4 Å². The van der Waals surface area contributed by atoms with Crippen molar-refractivity contribution >= 4 is 21.8 Å². The van der Waals surface area contributed by atoms with Gasteiger partial charge >= 0.3 is 16.1 Å². The molecular weight excluding hydrogens is 382 g/mol. The lowest BCUT2D eigenvalue weighted by molar-refractivity contribution is 0.153. The molecule has 0 aliphatic heterocycles. The number of carbonyl (C=O) groups is 1. The van der Waals surface area contributed by atoms with Crippen LogP contribution in [0.4, 0.5) is 10.5 Å². The second-order valence-electron chi connectivity index (χ2n) is 5.97. The molecule has 9 heteroatoms. The SMILES string of the molecule is COCCN(Cc1cccc(OS(C)(=O)=O)c1)C(=O)Nc1ccc(C#N)cc1. The van der Waals surface area contributed by atoms with E-state index in [9.17, 15) is 13.2 Å². The monoisotopic (exact) mass is 403 g/mol. The fourth-order valence-corrected chi connectivity index (χ4v) is 2.83. The summed E-state index contributed by atoms with van der Waals surface area (Å²) in [5.41, 5.74) is 1.75. The predicted molar refractivity (Wildman–Crippen MR) is 104 cm³/mol.